The fourth-order valence-electron chi connectivity index (χ4n) is 3.36. The number of nitrogens with one attached hydrogen (secondary N) is 2. The predicted octanol–water partition coefficient (Wildman–Crippen LogP) is 2.66. The van der Waals surface area contributed by atoms with E-state index in [1.54, 1.807) is 19.2 Å². The van der Waals surface area contributed by atoms with Gasteiger partial charge in [-0.05, 0) is 62.7 Å². The first-order valence-corrected chi connectivity index (χ1v) is 8.96. The highest BCUT2D eigenvalue weighted by molar-refractivity contribution is 5.62. The maximum absolute atomic E-state index is 13.1. The summed E-state index contributed by atoms with van der Waals surface area (Å²) in [6, 6.07) is 6.51. The molecule has 25 heavy (non-hydrogen) atoms. The van der Waals surface area contributed by atoms with Crippen LogP contribution in [0.4, 0.5) is 4.39 Å². The molecular formula is C19H27FN4O. The molecular weight excluding hydrogens is 319 g/mol. The van der Waals surface area contributed by atoms with Crippen LogP contribution in [0.25, 0.3) is 11.3 Å². The van der Waals surface area contributed by atoms with Crippen LogP contribution in [0.5, 0.6) is 0 Å². The van der Waals surface area contributed by atoms with Crippen LogP contribution in [0.2, 0.25) is 0 Å². The van der Waals surface area contributed by atoms with E-state index >= 15 is 0 Å². The summed E-state index contributed by atoms with van der Waals surface area (Å²) in [5, 5.41) is 10.7. The largest absolute Gasteiger partial charge is 0.383 e. The number of likely N-dealkylation sites (tertiary alicyclic amines) is 1. The number of benzene rings is 1. The standard InChI is InChI=1S/C19H27FN4O/c1-25-11-10-24-8-6-15(7-9-24)12-21-13-17-14-22-23-19(17)16-2-4-18(20)5-3-16/h2-5,14-15,21H,6-13H2,1H3,(H,22,23). The number of rotatable bonds is 8. The summed E-state index contributed by atoms with van der Waals surface area (Å²) in [7, 11) is 1.76. The van der Waals surface area contributed by atoms with Crippen LogP contribution in [-0.2, 0) is 11.3 Å². The van der Waals surface area contributed by atoms with Gasteiger partial charge in [0.1, 0.15) is 5.82 Å². The Balaban J connectivity index is 1.44. The summed E-state index contributed by atoms with van der Waals surface area (Å²) in [5.41, 5.74) is 3.04. The Morgan fingerprint density at radius 2 is 2.04 bits per heavy atom. The van der Waals surface area contributed by atoms with E-state index in [0.29, 0.717) is 0 Å². The highest BCUT2D eigenvalue weighted by Crippen LogP contribution is 2.22. The third-order valence-corrected chi connectivity index (χ3v) is 4.92. The first-order chi connectivity index (χ1) is 12.3. The molecule has 6 heteroatoms. The number of nitrogens with zero attached hydrogens (tertiary/aromatic N) is 2. The van der Waals surface area contributed by atoms with Gasteiger partial charge in [0.2, 0.25) is 0 Å². The Bertz CT molecular complexity index is 635. The molecule has 2 aromatic rings. The summed E-state index contributed by atoms with van der Waals surface area (Å²) in [4.78, 5) is 2.47. The summed E-state index contributed by atoms with van der Waals surface area (Å²) >= 11 is 0. The number of hydrogen-bond donors (Lipinski definition) is 2. The quantitative estimate of drug-likeness (QED) is 0.772. The molecule has 0 spiro atoms. The average Bonchev–Trinajstić information content (AvgIpc) is 3.10. The van der Waals surface area contributed by atoms with Gasteiger partial charge in [-0.15, -0.1) is 0 Å². The van der Waals surface area contributed by atoms with E-state index in [1.807, 2.05) is 6.20 Å². The smallest absolute Gasteiger partial charge is 0.123 e. The zero-order valence-electron chi connectivity index (χ0n) is 14.8. The first kappa shape index (κ1) is 18.0. The Hall–Kier alpha value is -1.76. The molecule has 0 radical (unpaired) electrons. The summed E-state index contributed by atoms with van der Waals surface area (Å²) in [6.45, 7) is 5.95. The minimum Gasteiger partial charge on any atom is -0.383 e. The van der Waals surface area contributed by atoms with Crippen molar-refractivity contribution < 1.29 is 9.13 Å². The Morgan fingerprint density at radius 1 is 1.28 bits per heavy atom. The fraction of sp³-hybridized carbons (Fsp3) is 0.526. The number of halogens is 1. The van der Waals surface area contributed by atoms with Crippen LogP contribution >= 0.6 is 0 Å². The van der Waals surface area contributed by atoms with E-state index in [-0.39, 0.29) is 5.82 Å². The molecule has 3 rings (SSSR count). The maximum atomic E-state index is 13.1. The van der Waals surface area contributed by atoms with Crippen molar-refractivity contribution in [3.8, 4) is 11.3 Å². The van der Waals surface area contributed by atoms with Crippen LogP contribution in [0.3, 0.4) is 0 Å². The molecule has 1 aromatic heterocycles. The van der Waals surface area contributed by atoms with Gasteiger partial charge in [0.05, 0.1) is 18.5 Å². The highest BCUT2D eigenvalue weighted by atomic mass is 19.1. The Kier molecular flexibility index (Phi) is 6.55. The minimum atomic E-state index is -0.222. The number of hydrogen-bond acceptors (Lipinski definition) is 4. The molecule has 0 amide bonds. The fourth-order valence-corrected chi connectivity index (χ4v) is 3.36. The normalized spacial score (nSPS) is 16.4. The van der Waals surface area contributed by atoms with Gasteiger partial charge in [-0.2, -0.15) is 5.10 Å². The van der Waals surface area contributed by atoms with Gasteiger partial charge >= 0.3 is 0 Å². The topological polar surface area (TPSA) is 53.2 Å². The number of methoxy groups -OCH3 is 1. The first-order valence-electron chi connectivity index (χ1n) is 8.96. The van der Waals surface area contributed by atoms with Gasteiger partial charge in [0.25, 0.3) is 0 Å². The van der Waals surface area contributed by atoms with Gasteiger partial charge in [0.15, 0.2) is 0 Å². The van der Waals surface area contributed by atoms with Crippen LogP contribution < -0.4 is 5.32 Å². The van der Waals surface area contributed by atoms with E-state index in [1.165, 1.54) is 25.0 Å². The van der Waals surface area contributed by atoms with Crippen molar-refractivity contribution in [2.75, 3.05) is 39.9 Å². The predicted molar refractivity (Wildman–Crippen MR) is 96.7 cm³/mol. The van der Waals surface area contributed by atoms with Crippen molar-refractivity contribution in [3.05, 3.63) is 41.8 Å². The van der Waals surface area contributed by atoms with E-state index in [9.17, 15) is 4.39 Å². The van der Waals surface area contributed by atoms with Gasteiger partial charge < -0.3 is 15.0 Å². The molecule has 1 aliphatic heterocycles. The van der Waals surface area contributed by atoms with E-state index < -0.39 is 0 Å². The van der Waals surface area contributed by atoms with E-state index in [0.717, 1.165) is 62.1 Å². The lowest BCUT2D eigenvalue weighted by Gasteiger charge is -2.31. The van der Waals surface area contributed by atoms with Crippen molar-refractivity contribution in [1.29, 1.82) is 0 Å². The molecule has 2 heterocycles. The van der Waals surface area contributed by atoms with E-state index in [2.05, 4.69) is 20.4 Å². The molecule has 1 saturated heterocycles. The Labute approximate surface area is 148 Å². The second-order valence-corrected chi connectivity index (χ2v) is 6.69. The van der Waals surface area contributed by atoms with Crippen LogP contribution in [0, 0.1) is 11.7 Å². The monoisotopic (exact) mass is 346 g/mol. The molecule has 0 aliphatic carbocycles. The molecule has 0 bridgehead atoms. The zero-order valence-corrected chi connectivity index (χ0v) is 14.8. The lowest BCUT2D eigenvalue weighted by molar-refractivity contribution is 0.120. The van der Waals surface area contributed by atoms with Crippen LogP contribution in [-0.4, -0.2) is 55.0 Å². The number of ether oxygens (including phenoxy) is 1. The maximum Gasteiger partial charge on any atom is 0.123 e. The van der Waals surface area contributed by atoms with Crippen molar-refractivity contribution in [2.24, 2.45) is 5.92 Å². The van der Waals surface area contributed by atoms with Crippen molar-refractivity contribution in [2.45, 2.75) is 19.4 Å². The molecule has 0 unspecified atom stereocenters. The molecule has 136 valence electrons. The molecule has 1 aromatic carbocycles. The van der Waals surface area contributed by atoms with Crippen molar-refractivity contribution >= 4 is 0 Å². The van der Waals surface area contributed by atoms with Crippen LogP contribution in [0.15, 0.2) is 30.5 Å². The third-order valence-electron chi connectivity index (χ3n) is 4.92. The number of piperidine rings is 1. The van der Waals surface area contributed by atoms with Gasteiger partial charge in [0, 0.05) is 31.3 Å². The third kappa shape index (κ3) is 5.11. The summed E-state index contributed by atoms with van der Waals surface area (Å²) < 4.78 is 18.2. The van der Waals surface area contributed by atoms with Gasteiger partial charge in [-0.1, -0.05) is 0 Å². The SMILES string of the molecule is COCCN1CCC(CNCc2cn[nH]c2-c2ccc(F)cc2)CC1. The minimum absolute atomic E-state index is 0.222. The molecule has 5 nitrogen and oxygen atoms in total. The summed E-state index contributed by atoms with van der Waals surface area (Å²) in [5.74, 6) is 0.500. The number of aromatic nitrogens is 2. The lowest BCUT2D eigenvalue weighted by atomic mass is 9.96. The molecule has 1 aliphatic rings. The van der Waals surface area contributed by atoms with Crippen LogP contribution in [0.1, 0.15) is 18.4 Å². The van der Waals surface area contributed by atoms with Gasteiger partial charge in [-0.3, -0.25) is 5.10 Å². The second kappa shape index (κ2) is 9.08. The van der Waals surface area contributed by atoms with Crippen molar-refractivity contribution in [3.63, 3.8) is 0 Å². The highest BCUT2D eigenvalue weighted by Gasteiger charge is 2.18. The molecule has 1 fully saturated rings. The molecule has 0 atom stereocenters. The Morgan fingerprint density at radius 3 is 2.76 bits per heavy atom. The number of H-pyrrole nitrogens is 1. The molecule has 0 saturated carbocycles. The summed E-state index contributed by atoms with van der Waals surface area (Å²) in [6.07, 6.45) is 4.30. The van der Waals surface area contributed by atoms with Crippen molar-refractivity contribution in [1.82, 2.24) is 20.4 Å². The zero-order chi connectivity index (χ0) is 17.5. The lowest BCUT2D eigenvalue weighted by Crippen LogP contribution is -2.38. The second-order valence-electron chi connectivity index (χ2n) is 6.69. The van der Waals surface area contributed by atoms with E-state index in [4.69, 9.17) is 4.74 Å². The number of aromatic amines is 1. The van der Waals surface area contributed by atoms with Gasteiger partial charge in [-0.25, -0.2) is 4.39 Å². The average molecular weight is 346 g/mol. The molecule has 2 N–H and O–H groups in total.